The van der Waals surface area contributed by atoms with Gasteiger partial charge in [-0.2, -0.15) is 0 Å². The second-order valence-electron chi connectivity index (χ2n) is 4.80. The highest BCUT2D eigenvalue weighted by Crippen LogP contribution is 2.28. The van der Waals surface area contributed by atoms with Crippen LogP contribution >= 0.6 is 15.9 Å². The van der Waals surface area contributed by atoms with Crippen molar-refractivity contribution in [1.29, 1.82) is 0 Å². The van der Waals surface area contributed by atoms with Crippen molar-refractivity contribution in [3.8, 4) is 11.4 Å². The molecule has 1 N–H and O–H groups in total. The van der Waals surface area contributed by atoms with Crippen molar-refractivity contribution < 1.29 is 0 Å². The topological polar surface area (TPSA) is 37.8 Å². The first kappa shape index (κ1) is 15.0. The zero-order valence-electron chi connectivity index (χ0n) is 12.2. The first-order chi connectivity index (χ1) is 9.65. The summed E-state index contributed by atoms with van der Waals surface area (Å²) in [4.78, 5) is 9.34. The van der Waals surface area contributed by atoms with Crippen LogP contribution in [-0.4, -0.2) is 16.5 Å². The van der Waals surface area contributed by atoms with Gasteiger partial charge in [-0.25, -0.2) is 9.97 Å². The molecule has 0 unspecified atom stereocenters. The average Bonchev–Trinajstić information content (AvgIpc) is 2.44. The fraction of sp³-hybridized carbons (Fsp3) is 0.375. The van der Waals surface area contributed by atoms with E-state index in [1.807, 2.05) is 0 Å². The predicted octanol–water partition coefficient (Wildman–Crippen LogP) is 4.60. The van der Waals surface area contributed by atoms with Gasteiger partial charge in [0.1, 0.15) is 5.82 Å². The van der Waals surface area contributed by atoms with Crippen molar-refractivity contribution in [3.63, 3.8) is 0 Å². The smallest absolute Gasteiger partial charge is 0.161 e. The lowest BCUT2D eigenvalue weighted by Gasteiger charge is -2.12. The van der Waals surface area contributed by atoms with E-state index in [0.29, 0.717) is 0 Å². The van der Waals surface area contributed by atoms with Crippen molar-refractivity contribution in [2.75, 3.05) is 11.9 Å². The molecule has 4 heteroatoms. The zero-order valence-corrected chi connectivity index (χ0v) is 13.8. The summed E-state index contributed by atoms with van der Waals surface area (Å²) in [5.41, 5.74) is 3.36. The third-order valence-electron chi connectivity index (χ3n) is 3.06. The van der Waals surface area contributed by atoms with E-state index < -0.39 is 0 Å². The number of aryl methyl sites for hydroxylation is 2. The molecule has 1 aromatic carbocycles. The molecule has 0 radical (unpaired) electrons. The second kappa shape index (κ2) is 6.84. The molecule has 0 amide bonds. The van der Waals surface area contributed by atoms with E-state index in [1.54, 1.807) is 0 Å². The maximum absolute atomic E-state index is 4.71. The molecule has 0 saturated heterocycles. The first-order valence-corrected chi connectivity index (χ1v) is 7.82. The number of benzene rings is 1. The van der Waals surface area contributed by atoms with Crippen LogP contribution in [0, 0.1) is 6.92 Å². The quantitative estimate of drug-likeness (QED) is 0.868. The lowest BCUT2D eigenvalue weighted by Crippen LogP contribution is -2.06. The Morgan fingerprint density at radius 1 is 1.10 bits per heavy atom. The zero-order chi connectivity index (χ0) is 14.5. The molecule has 1 heterocycles. The third-order valence-corrected chi connectivity index (χ3v) is 3.89. The lowest BCUT2D eigenvalue weighted by molar-refractivity contribution is 0.867. The van der Waals surface area contributed by atoms with E-state index in [2.05, 4.69) is 71.3 Å². The Morgan fingerprint density at radius 3 is 2.40 bits per heavy atom. The number of anilines is 1. The number of halogens is 1. The number of nitrogens with one attached hydrogen (secondary N) is 1. The van der Waals surface area contributed by atoms with Crippen LogP contribution in [0.25, 0.3) is 11.4 Å². The fourth-order valence-electron chi connectivity index (χ4n) is 2.01. The highest BCUT2D eigenvalue weighted by Gasteiger charge is 2.12. The molecule has 0 bridgehead atoms. The van der Waals surface area contributed by atoms with Crippen LogP contribution in [0.3, 0.4) is 0 Å². The third kappa shape index (κ3) is 3.37. The Morgan fingerprint density at radius 2 is 1.80 bits per heavy atom. The number of hydrogen-bond acceptors (Lipinski definition) is 3. The highest BCUT2D eigenvalue weighted by atomic mass is 79.9. The molecule has 0 aliphatic rings. The minimum Gasteiger partial charge on any atom is -0.369 e. The van der Waals surface area contributed by atoms with Gasteiger partial charge >= 0.3 is 0 Å². The normalized spacial score (nSPS) is 10.6. The van der Waals surface area contributed by atoms with Crippen LogP contribution in [0.2, 0.25) is 0 Å². The SMILES string of the molecule is CCCc1nc(-c2ccc(C)cc2)nc(NCC)c1Br. The monoisotopic (exact) mass is 333 g/mol. The predicted molar refractivity (Wildman–Crippen MR) is 88.1 cm³/mol. The van der Waals surface area contributed by atoms with E-state index in [9.17, 15) is 0 Å². The summed E-state index contributed by atoms with van der Waals surface area (Å²) in [5.74, 6) is 1.66. The van der Waals surface area contributed by atoms with Gasteiger partial charge in [0, 0.05) is 12.1 Å². The largest absolute Gasteiger partial charge is 0.369 e. The first-order valence-electron chi connectivity index (χ1n) is 7.03. The van der Waals surface area contributed by atoms with Gasteiger partial charge in [-0.1, -0.05) is 43.2 Å². The Bertz CT molecular complexity index is 552. The van der Waals surface area contributed by atoms with Crippen molar-refractivity contribution in [1.82, 2.24) is 9.97 Å². The van der Waals surface area contributed by atoms with Gasteiger partial charge in [0.2, 0.25) is 0 Å². The molecular weight excluding hydrogens is 314 g/mol. The molecule has 106 valence electrons. The van der Waals surface area contributed by atoms with Gasteiger partial charge in [0.25, 0.3) is 0 Å². The minimum absolute atomic E-state index is 0.785. The molecule has 0 atom stereocenters. The molecule has 0 fully saturated rings. The Balaban J connectivity index is 2.49. The molecule has 0 spiro atoms. The summed E-state index contributed by atoms with van der Waals surface area (Å²) in [6.45, 7) is 7.15. The maximum atomic E-state index is 4.71. The van der Waals surface area contributed by atoms with E-state index in [4.69, 9.17) is 4.98 Å². The van der Waals surface area contributed by atoms with Gasteiger partial charge in [0.15, 0.2) is 5.82 Å². The summed E-state index contributed by atoms with van der Waals surface area (Å²) in [5, 5.41) is 3.30. The Labute approximate surface area is 129 Å². The van der Waals surface area contributed by atoms with Crippen molar-refractivity contribution in [3.05, 3.63) is 40.0 Å². The minimum atomic E-state index is 0.785. The molecule has 2 aromatic rings. The summed E-state index contributed by atoms with van der Waals surface area (Å²) < 4.78 is 0.983. The fourth-order valence-corrected chi connectivity index (χ4v) is 2.53. The molecule has 0 aliphatic heterocycles. The van der Waals surface area contributed by atoms with Crippen LogP contribution in [0.4, 0.5) is 5.82 Å². The van der Waals surface area contributed by atoms with Gasteiger partial charge in [-0.15, -0.1) is 0 Å². The standard InChI is InChI=1S/C16H20BrN3/c1-4-6-13-14(17)16(18-5-2)20-15(19-13)12-9-7-11(3)8-10-12/h7-10H,4-6H2,1-3H3,(H,18,19,20). The molecule has 3 nitrogen and oxygen atoms in total. The van der Waals surface area contributed by atoms with E-state index >= 15 is 0 Å². The highest BCUT2D eigenvalue weighted by molar-refractivity contribution is 9.10. The molecule has 1 aromatic heterocycles. The second-order valence-corrected chi connectivity index (χ2v) is 5.60. The van der Waals surface area contributed by atoms with Crippen LogP contribution in [0.15, 0.2) is 28.7 Å². The summed E-state index contributed by atoms with van der Waals surface area (Å²) in [6, 6.07) is 8.33. The molecule has 0 saturated carbocycles. The van der Waals surface area contributed by atoms with Crippen LogP contribution < -0.4 is 5.32 Å². The number of nitrogens with zero attached hydrogens (tertiary/aromatic N) is 2. The lowest BCUT2D eigenvalue weighted by atomic mass is 10.1. The average molecular weight is 334 g/mol. The van der Waals surface area contributed by atoms with Gasteiger partial charge in [0.05, 0.1) is 10.2 Å². The van der Waals surface area contributed by atoms with E-state index in [0.717, 1.165) is 46.8 Å². The van der Waals surface area contributed by atoms with E-state index in [1.165, 1.54) is 5.56 Å². The molecule has 20 heavy (non-hydrogen) atoms. The van der Waals surface area contributed by atoms with Crippen molar-refractivity contribution in [2.45, 2.75) is 33.6 Å². The number of hydrogen-bond donors (Lipinski definition) is 1. The molecule has 2 rings (SSSR count). The molecule has 0 aliphatic carbocycles. The van der Waals surface area contributed by atoms with Gasteiger partial charge < -0.3 is 5.32 Å². The van der Waals surface area contributed by atoms with Crippen LogP contribution in [0.5, 0.6) is 0 Å². The maximum Gasteiger partial charge on any atom is 0.161 e. The van der Waals surface area contributed by atoms with Gasteiger partial charge in [-0.3, -0.25) is 0 Å². The molecular formula is C16H20BrN3. The Kier molecular flexibility index (Phi) is 5.12. The number of aromatic nitrogens is 2. The Hall–Kier alpha value is -1.42. The summed E-state index contributed by atoms with van der Waals surface area (Å²) in [6.07, 6.45) is 2.01. The van der Waals surface area contributed by atoms with Crippen molar-refractivity contribution in [2.24, 2.45) is 0 Å². The number of rotatable bonds is 5. The van der Waals surface area contributed by atoms with Crippen LogP contribution in [-0.2, 0) is 6.42 Å². The van der Waals surface area contributed by atoms with Crippen LogP contribution in [0.1, 0.15) is 31.5 Å². The summed E-state index contributed by atoms with van der Waals surface area (Å²) in [7, 11) is 0. The summed E-state index contributed by atoms with van der Waals surface area (Å²) >= 11 is 3.61. The van der Waals surface area contributed by atoms with E-state index in [-0.39, 0.29) is 0 Å². The van der Waals surface area contributed by atoms with Gasteiger partial charge in [-0.05, 0) is 36.2 Å². The van der Waals surface area contributed by atoms with Crippen molar-refractivity contribution >= 4 is 21.7 Å².